The quantitative estimate of drug-likeness (QED) is 0.834. The number of aliphatic carboxylic acids is 1. The van der Waals surface area contributed by atoms with Gasteiger partial charge in [-0.3, -0.25) is 4.79 Å². The zero-order valence-corrected chi connectivity index (χ0v) is 13.2. The van der Waals surface area contributed by atoms with Gasteiger partial charge >= 0.3 is 5.97 Å². The molecule has 0 aromatic carbocycles. The first-order valence-corrected chi connectivity index (χ1v) is 8.19. The SMILES string of the molecule is CC(C)(C(=O)N1CCCCCC1C(=O)O)C1CCCNC1. The molecule has 2 aliphatic rings. The minimum absolute atomic E-state index is 0.0190. The molecule has 2 atom stereocenters. The van der Waals surface area contributed by atoms with Gasteiger partial charge in [0.1, 0.15) is 6.04 Å². The highest BCUT2D eigenvalue weighted by Gasteiger charge is 2.43. The Balaban J connectivity index is 2.16. The first-order valence-electron chi connectivity index (χ1n) is 8.19. The third-order valence-corrected chi connectivity index (χ3v) is 5.17. The van der Waals surface area contributed by atoms with E-state index in [0.29, 0.717) is 13.0 Å². The average Bonchev–Trinajstić information content (AvgIpc) is 2.73. The summed E-state index contributed by atoms with van der Waals surface area (Å²) in [6, 6.07) is -0.643. The summed E-state index contributed by atoms with van der Waals surface area (Å²) in [6.45, 7) is 6.42. The summed E-state index contributed by atoms with van der Waals surface area (Å²) >= 11 is 0. The van der Waals surface area contributed by atoms with Gasteiger partial charge in [0.15, 0.2) is 0 Å². The zero-order chi connectivity index (χ0) is 15.5. The molecule has 0 saturated carbocycles. The van der Waals surface area contributed by atoms with Crippen LogP contribution in [0.3, 0.4) is 0 Å². The van der Waals surface area contributed by atoms with Crippen molar-refractivity contribution >= 4 is 11.9 Å². The van der Waals surface area contributed by atoms with Crippen LogP contribution in [0.5, 0.6) is 0 Å². The number of amides is 1. The molecular formula is C16H28N2O3. The first kappa shape index (κ1) is 16.3. The molecule has 5 heteroatoms. The third kappa shape index (κ3) is 3.57. The van der Waals surface area contributed by atoms with Crippen molar-refractivity contribution in [1.29, 1.82) is 0 Å². The van der Waals surface area contributed by atoms with Crippen molar-refractivity contribution in [3.63, 3.8) is 0 Å². The van der Waals surface area contributed by atoms with E-state index in [1.54, 1.807) is 4.90 Å². The number of likely N-dealkylation sites (tertiary alicyclic amines) is 1. The molecule has 2 fully saturated rings. The number of hydrogen-bond donors (Lipinski definition) is 2. The van der Waals surface area contributed by atoms with Crippen LogP contribution >= 0.6 is 0 Å². The summed E-state index contributed by atoms with van der Waals surface area (Å²) in [7, 11) is 0. The predicted molar refractivity (Wildman–Crippen MR) is 81.0 cm³/mol. The fraction of sp³-hybridized carbons (Fsp3) is 0.875. The maximum atomic E-state index is 13.0. The molecular weight excluding hydrogens is 268 g/mol. The monoisotopic (exact) mass is 296 g/mol. The minimum Gasteiger partial charge on any atom is -0.480 e. The Morgan fingerprint density at radius 3 is 2.52 bits per heavy atom. The van der Waals surface area contributed by atoms with Gasteiger partial charge in [0.25, 0.3) is 0 Å². The average molecular weight is 296 g/mol. The molecule has 0 radical (unpaired) electrons. The molecule has 0 bridgehead atoms. The number of nitrogens with zero attached hydrogens (tertiary/aromatic N) is 1. The van der Waals surface area contributed by atoms with Crippen LogP contribution in [0.2, 0.25) is 0 Å². The van der Waals surface area contributed by atoms with Crippen molar-refractivity contribution in [2.45, 2.75) is 58.4 Å². The summed E-state index contributed by atoms with van der Waals surface area (Å²) in [5.74, 6) is -0.551. The van der Waals surface area contributed by atoms with E-state index in [-0.39, 0.29) is 11.8 Å². The Labute approximate surface area is 127 Å². The lowest BCUT2D eigenvalue weighted by atomic mass is 9.73. The highest BCUT2D eigenvalue weighted by molar-refractivity contribution is 5.87. The maximum Gasteiger partial charge on any atom is 0.326 e. The van der Waals surface area contributed by atoms with E-state index < -0.39 is 17.4 Å². The van der Waals surface area contributed by atoms with Gasteiger partial charge in [-0.1, -0.05) is 26.7 Å². The van der Waals surface area contributed by atoms with Crippen LogP contribution in [0, 0.1) is 11.3 Å². The highest BCUT2D eigenvalue weighted by Crippen LogP contribution is 2.35. The van der Waals surface area contributed by atoms with Gasteiger partial charge in [0.2, 0.25) is 5.91 Å². The van der Waals surface area contributed by atoms with Gasteiger partial charge in [-0.15, -0.1) is 0 Å². The first-order chi connectivity index (χ1) is 9.94. The molecule has 5 nitrogen and oxygen atoms in total. The van der Waals surface area contributed by atoms with Crippen LogP contribution < -0.4 is 5.32 Å². The molecule has 2 saturated heterocycles. The van der Waals surface area contributed by atoms with Crippen LogP contribution in [0.1, 0.15) is 52.4 Å². The van der Waals surface area contributed by atoms with Crippen LogP contribution in [-0.4, -0.2) is 47.6 Å². The lowest BCUT2D eigenvalue weighted by Crippen LogP contribution is -2.53. The summed E-state index contributed by atoms with van der Waals surface area (Å²) in [5.41, 5.74) is -0.495. The Morgan fingerprint density at radius 1 is 1.14 bits per heavy atom. The van der Waals surface area contributed by atoms with Gasteiger partial charge in [-0.25, -0.2) is 4.79 Å². The Bertz CT molecular complexity index is 389. The summed E-state index contributed by atoms with van der Waals surface area (Å²) in [6.07, 6.45) is 5.53. The zero-order valence-electron chi connectivity index (χ0n) is 13.2. The number of piperidine rings is 1. The summed E-state index contributed by atoms with van der Waals surface area (Å²) in [5, 5.41) is 12.8. The van der Waals surface area contributed by atoms with Gasteiger partial charge in [0, 0.05) is 12.0 Å². The van der Waals surface area contributed by atoms with Crippen molar-refractivity contribution < 1.29 is 14.7 Å². The summed E-state index contributed by atoms with van der Waals surface area (Å²) in [4.78, 5) is 26.2. The van der Waals surface area contributed by atoms with Crippen LogP contribution in [0.15, 0.2) is 0 Å². The van der Waals surface area contributed by atoms with Crippen molar-refractivity contribution in [1.82, 2.24) is 10.2 Å². The normalized spacial score (nSPS) is 28.0. The molecule has 2 heterocycles. The number of carboxylic acid groups (broad SMARTS) is 1. The topological polar surface area (TPSA) is 69.6 Å². The molecule has 0 spiro atoms. The fourth-order valence-corrected chi connectivity index (χ4v) is 3.62. The molecule has 2 N–H and O–H groups in total. The van der Waals surface area contributed by atoms with Crippen LogP contribution in [0.25, 0.3) is 0 Å². The van der Waals surface area contributed by atoms with Crippen molar-refractivity contribution in [3.05, 3.63) is 0 Å². The summed E-state index contributed by atoms with van der Waals surface area (Å²) < 4.78 is 0. The Morgan fingerprint density at radius 2 is 1.90 bits per heavy atom. The van der Waals surface area contributed by atoms with E-state index in [4.69, 9.17) is 0 Å². The van der Waals surface area contributed by atoms with E-state index in [1.807, 2.05) is 13.8 Å². The van der Waals surface area contributed by atoms with E-state index in [1.165, 1.54) is 0 Å². The Hall–Kier alpha value is -1.10. The smallest absolute Gasteiger partial charge is 0.326 e. The molecule has 1 amide bonds. The molecule has 0 aromatic rings. The second-order valence-electron chi connectivity index (χ2n) is 6.97. The second kappa shape index (κ2) is 6.77. The number of carbonyl (C=O) groups is 2. The van der Waals surface area contributed by atoms with Crippen LogP contribution in [-0.2, 0) is 9.59 Å². The van der Waals surface area contributed by atoms with Gasteiger partial charge in [0.05, 0.1) is 0 Å². The maximum absolute atomic E-state index is 13.0. The minimum atomic E-state index is -0.859. The van der Waals surface area contributed by atoms with Crippen molar-refractivity contribution in [2.75, 3.05) is 19.6 Å². The molecule has 0 aromatic heterocycles. The Kier molecular flexibility index (Phi) is 5.25. The largest absolute Gasteiger partial charge is 0.480 e. The third-order valence-electron chi connectivity index (χ3n) is 5.17. The van der Waals surface area contributed by atoms with E-state index in [2.05, 4.69) is 5.32 Å². The van der Waals surface area contributed by atoms with Crippen LogP contribution in [0.4, 0.5) is 0 Å². The van der Waals surface area contributed by atoms with Gasteiger partial charge < -0.3 is 15.3 Å². The number of hydrogen-bond acceptors (Lipinski definition) is 3. The number of carboxylic acids is 1. The number of nitrogens with one attached hydrogen (secondary N) is 1. The van der Waals surface area contributed by atoms with Crippen molar-refractivity contribution in [3.8, 4) is 0 Å². The lowest BCUT2D eigenvalue weighted by Gasteiger charge is -2.40. The number of carbonyl (C=O) groups excluding carboxylic acids is 1. The standard InChI is InChI=1S/C16H28N2O3/c1-16(2,12-7-6-9-17-11-12)15(21)18-10-5-3-4-8-13(18)14(19)20/h12-13,17H,3-11H2,1-2H3,(H,19,20). The van der Waals surface area contributed by atoms with Gasteiger partial charge in [-0.05, 0) is 44.7 Å². The lowest BCUT2D eigenvalue weighted by molar-refractivity contribution is -0.156. The molecule has 120 valence electrons. The van der Waals surface area contributed by atoms with Gasteiger partial charge in [-0.2, -0.15) is 0 Å². The molecule has 2 rings (SSSR count). The second-order valence-corrected chi connectivity index (χ2v) is 6.97. The van der Waals surface area contributed by atoms with E-state index in [9.17, 15) is 14.7 Å². The fourth-order valence-electron chi connectivity index (χ4n) is 3.62. The molecule has 0 aliphatic carbocycles. The molecule has 21 heavy (non-hydrogen) atoms. The molecule has 2 aliphatic heterocycles. The molecule has 2 unspecified atom stereocenters. The number of rotatable bonds is 3. The van der Waals surface area contributed by atoms with E-state index >= 15 is 0 Å². The van der Waals surface area contributed by atoms with Crippen molar-refractivity contribution in [2.24, 2.45) is 11.3 Å². The van der Waals surface area contributed by atoms with E-state index in [0.717, 1.165) is 45.2 Å². The highest BCUT2D eigenvalue weighted by atomic mass is 16.4. The predicted octanol–water partition coefficient (Wildman–Crippen LogP) is 1.87.